The van der Waals surface area contributed by atoms with Crippen LogP contribution in [0.5, 0.6) is 0 Å². The highest BCUT2D eigenvalue weighted by atomic mass is 16.3. The van der Waals surface area contributed by atoms with Crippen LogP contribution in [-0.2, 0) is 4.79 Å². The van der Waals surface area contributed by atoms with Gasteiger partial charge in [0.2, 0.25) is 0 Å². The number of aliphatic hydroxyl groups excluding tert-OH is 1. The molecule has 1 aliphatic heterocycles. The summed E-state index contributed by atoms with van der Waals surface area (Å²) in [5.41, 5.74) is 5.71. The van der Waals surface area contributed by atoms with Gasteiger partial charge in [0.15, 0.2) is 5.96 Å². The van der Waals surface area contributed by atoms with Gasteiger partial charge in [-0.05, 0) is 12.8 Å². The molecule has 0 aromatic heterocycles. The average Bonchev–Trinajstić information content (AvgIpc) is 2.18. The van der Waals surface area contributed by atoms with Gasteiger partial charge in [-0.1, -0.05) is 13.8 Å². The van der Waals surface area contributed by atoms with E-state index in [0.717, 1.165) is 0 Å². The number of amides is 1. The Kier molecular flexibility index (Phi) is 4.08. The number of hydrogen-bond donors (Lipinski definition) is 2. The van der Waals surface area contributed by atoms with E-state index in [-0.39, 0.29) is 23.9 Å². The Balaban J connectivity index is 2.53. The van der Waals surface area contributed by atoms with E-state index in [1.807, 2.05) is 4.90 Å². The van der Waals surface area contributed by atoms with Crippen molar-refractivity contribution in [3.8, 4) is 0 Å². The van der Waals surface area contributed by atoms with Crippen LogP contribution in [0.4, 0.5) is 0 Å². The smallest absolute Gasteiger partial charge is 0.251 e. The third-order valence-electron chi connectivity index (χ3n) is 2.51. The van der Waals surface area contributed by atoms with Crippen LogP contribution in [0.3, 0.4) is 0 Å². The Hall–Kier alpha value is -1.10. The van der Waals surface area contributed by atoms with Crippen LogP contribution in [0.25, 0.3) is 0 Å². The molecule has 0 unspecified atom stereocenters. The van der Waals surface area contributed by atoms with Crippen molar-refractivity contribution in [1.82, 2.24) is 4.90 Å². The highest BCUT2D eigenvalue weighted by Crippen LogP contribution is 2.09. The van der Waals surface area contributed by atoms with Gasteiger partial charge in [-0.25, -0.2) is 0 Å². The maximum absolute atomic E-state index is 11.3. The van der Waals surface area contributed by atoms with Crippen molar-refractivity contribution in [2.45, 2.75) is 32.8 Å². The molecule has 1 rings (SSSR count). The lowest BCUT2D eigenvalue weighted by Crippen LogP contribution is -2.44. The van der Waals surface area contributed by atoms with Gasteiger partial charge in [0.25, 0.3) is 5.91 Å². The topological polar surface area (TPSA) is 78.9 Å². The zero-order valence-electron chi connectivity index (χ0n) is 9.31. The van der Waals surface area contributed by atoms with Gasteiger partial charge in [-0.15, -0.1) is 0 Å². The lowest BCUT2D eigenvalue weighted by molar-refractivity contribution is -0.120. The number of nitrogens with two attached hydrogens (primary N) is 1. The molecule has 1 saturated heterocycles. The van der Waals surface area contributed by atoms with Crippen molar-refractivity contribution in [3.63, 3.8) is 0 Å². The molecular weight excluding hydrogens is 194 g/mol. The summed E-state index contributed by atoms with van der Waals surface area (Å²) in [6.45, 7) is 4.92. The molecular formula is C10H19N3O2. The summed E-state index contributed by atoms with van der Waals surface area (Å²) in [5.74, 6) is -0.0434. The zero-order chi connectivity index (χ0) is 11.4. The monoisotopic (exact) mass is 213 g/mol. The van der Waals surface area contributed by atoms with Gasteiger partial charge in [-0.3, -0.25) is 4.79 Å². The zero-order valence-corrected chi connectivity index (χ0v) is 9.31. The first-order valence-corrected chi connectivity index (χ1v) is 5.31. The summed E-state index contributed by atoms with van der Waals surface area (Å²) < 4.78 is 0. The second kappa shape index (κ2) is 5.11. The first-order valence-electron chi connectivity index (χ1n) is 5.31. The number of piperidine rings is 1. The molecule has 1 fully saturated rings. The first kappa shape index (κ1) is 12.0. The lowest BCUT2D eigenvalue weighted by Gasteiger charge is -2.30. The van der Waals surface area contributed by atoms with Crippen LogP contribution in [0.2, 0.25) is 0 Å². The number of carbonyl (C=O) groups excluding carboxylic acids is 1. The van der Waals surface area contributed by atoms with Gasteiger partial charge in [0.05, 0.1) is 6.10 Å². The fraction of sp³-hybridized carbons (Fsp3) is 0.800. The number of rotatable bonds is 1. The standard InChI is InChI=1S/C10H19N3O2/c1-7(2)9(15)12-10(11)13-5-3-8(14)4-6-13/h7-8,14H,3-6H2,1-2H3,(H2,11,12,15). The average molecular weight is 213 g/mol. The normalized spacial score (nSPS) is 19.7. The Morgan fingerprint density at radius 1 is 1.47 bits per heavy atom. The number of carbonyl (C=O) groups is 1. The van der Waals surface area contributed by atoms with Crippen molar-refractivity contribution in [1.29, 1.82) is 0 Å². The predicted octanol–water partition coefficient (Wildman–Crippen LogP) is -0.0596. The molecule has 1 heterocycles. The molecule has 86 valence electrons. The van der Waals surface area contributed by atoms with E-state index in [2.05, 4.69) is 4.99 Å². The van der Waals surface area contributed by atoms with Crippen LogP contribution in [0, 0.1) is 5.92 Å². The minimum Gasteiger partial charge on any atom is -0.393 e. The minimum absolute atomic E-state index is 0.126. The number of aliphatic imine (C=N–C) groups is 1. The minimum atomic E-state index is -0.241. The Morgan fingerprint density at radius 2 is 2.00 bits per heavy atom. The molecule has 0 aromatic carbocycles. The van der Waals surface area contributed by atoms with Crippen molar-refractivity contribution in [2.24, 2.45) is 16.6 Å². The Morgan fingerprint density at radius 3 is 2.47 bits per heavy atom. The van der Waals surface area contributed by atoms with Gasteiger partial charge in [0.1, 0.15) is 0 Å². The van der Waals surface area contributed by atoms with Crippen molar-refractivity contribution < 1.29 is 9.90 Å². The van der Waals surface area contributed by atoms with Crippen molar-refractivity contribution in [3.05, 3.63) is 0 Å². The lowest BCUT2D eigenvalue weighted by atomic mass is 10.1. The molecule has 0 saturated carbocycles. The summed E-state index contributed by atoms with van der Waals surface area (Å²) in [5, 5.41) is 9.30. The van der Waals surface area contributed by atoms with Crippen LogP contribution in [0.15, 0.2) is 4.99 Å². The maximum Gasteiger partial charge on any atom is 0.251 e. The van der Waals surface area contributed by atoms with Crippen molar-refractivity contribution >= 4 is 11.9 Å². The number of guanidine groups is 1. The van der Waals surface area contributed by atoms with Crippen LogP contribution in [0.1, 0.15) is 26.7 Å². The second-order valence-corrected chi connectivity index (χ2v) is 4.18. The Labute approximate surface area is 90.0 Å². The van der Waals surface area contributed by atoms with E-state index in [1.165, 1.54) is 0 Å². The van der Waals surface area contributed by atoms with E-state index < -0.39 is 0 Å². The molecule has 0 radical (unpaired) electrons. The Bertz CT molecular complexity index is 255. The number of aliphatic hydroxyl groups is 1. The van der Waals surface area contributed by atoms with Crippen LogP contribution >= 0.6 is 0 Å². The van der Waals surface area contributed by atoms with Gasteiger partial charge in [0, 0.05) is 19.0 Å². The summed E-state index contributed by atoms with van der Waals surface area (Å²) in [7, 11) is 0. The van der Waals surface area contributed by atoms with E-state index in [4.69, 9.17) is 5.73 Å². The second-order valence-electron chi connectivity index (χ2n) is 4.18. The molecule has 0 spiro atoms. The molecule has 5 heteroatoms. The van der Waals surface area contributed by atoms with Crippen LogP contribution in [-0.4, -0.2) is 41.1 Å². The molecule has 5 nitrogen and oxygen atoms in total. The molecule has 1 amide bonds. The first-order chi connectivity index (χ1) is 7.00. The third-order valence-corrected chi connectivity index (χ3v) is 2.51. The van der Waals surface area contributed by atoms with E-state index in [9.17, 15) is 9.90 Å². The molecule has 0 aromatic rings. The van der Waals surface area contributed by atoms with Crippen LogP contribution < -0.4 is 5.73 Å². The molecule has 3 N–H and O–H groups in total. The van der Waals surface area contributed by atoms with E-state index >= 15 is 0 Å². The highest BCUT2D eigenvalue weighted by Gasteiger charge is 2.19. The summed E-state index contributed by atoms with van der Waals surface area (Å²) >= 11 is 0. The molecule has 0 atom stereocenters. The molecule has 0 bridgehead atoms. The largest absolute Gasteiger partial charge is 0.393 e. The van der Waals surface area contributed by atoms with E-state index in [0.29, 0.717) is 25.9 Å². The van der Waals surface area contributed by atoms with Gasteiger partial charge >= 0.3 is 0 Å². The molecule has 0 aliphatic carbocycles. The van der Waals surface area contributed by atoms with Gasteiger partial charge < -0.3 is 15.7 Å². The summed E-state index contributed by atoms with van der Waals surface area (Å²) in [6, 6.07) is 0. The fourth-order valence-corrected chi connectivity index (χ4v) is 1.41. The molecule has 1 aliphatic rings. The maximum atomic E-state index is 11.3. The number of likely N-dealkylation sites (tertiary alicyclic amines) is 1. The van der Waals surface area contributed by atoms with Crippen molar-refractivity contribution in [2.75, 3.05) is 13.1 Å². The number of nitrogens with zero attached hydrogens (tertiary/aromatic N) is 2. The van der Waals surface area contributed by atoms with E-state index in [1.54, 1.807) is 13.8 Å². The fourth-order valence-electron chi connectivity index (χ4n) is 1.41. The highest BCUT2D eigenvalue weighted by molar-refractivity contribution is 5.93. The molecule has 15 heavy (non-hydrogen) atoms. The number of hydrogen-bond acceptors (Lipinski definition) is 2. The SMILES string of the molecule is CC(C)C(=O)N=C(N)N1CCC(O)CC1. The van der Waals surface area contributed by atoms with Gasteiger partial charge in [-0.2, -0.15) is 4.99 Å². The third kappa shape index (κ3) is 3.51. The predicted molar refractivity (Wildman–Crippen MR) is 58.3 cm³/mol. The summed E-state index contributed by atoms with van der Waals surface area (Å²) in [6.07, 6.45) is 1.13. The quantitative estimate of drug-likeness (QED) is 0.472. The summed E-state index contributed by atoms with van der Waals surface area (Å²) in [4.78, 5) is 17.0.